The predicted molar refractivity (Wildman–Crippen MR) is 70.9 cm³/mol. The maximum absolute atomic E-state index is 11.4. The summed E-state index contributed by atoms with van der Waals surface area (Å²) in [5.41, 5.74) is 0.721. The van der Waals surface area contributed by atoms with Crippen molar-refractivity contribution in [2.75, 3.05) is 7.11 Å². The number of aliphatic carboxylic acids is 1. The highest BCUT2D eigenvalue weighted by atomic mass is 16.5. The first-order chi connectivity index (χ1) is 9.42. The molecule has 110 valence electrons. The van der Waals surface area contributed by atoms with E-state index in [9.17, 15) is 19.8 Å². The highest BCUT2D eigenvalue weighted by Gasteiger charge is 2.14. The Kier molecular flexibility index (Phi) is 5.99. The smallest absolute Gasteiger partial charge is 0.303 e. The van der Waals surface area contributed by atoms with Crippen LogP contribution in [-0.2, 0) is 16.0 Å². The van der Waals surface area contributed by atoms with Crippen molar-refractivity contribution in [3.8, 4) is 11.5 Å². The van der Waals surface area contributed by atoms with Crippen molar-refractivity contribution < 1.29 is 29.6 Å². The van der Waals surface area contributed by atoms with Crippen LogP contribution < -0.4 is 4.74 Å². The Morgan fingerprint density at radius 3 is 2.60 bits per heavy atom. The molecule has 1 aromatic carbocycles. The van der Waals surface area contributed by atoms with Gasteiger partial charge < -0.3 is 20.1 Å². The molecule has 0 saturated heterocycles. The van der Waals surface area contributed by atoms with E-state index in [4.69, 9.17) is 9.84 Å². The maximum atomic E-state index is 11.4. The van der Waals surface area contributed by atoms with Crippen LogP contribution in [0.4, 0.5) is 0 Å². The van der Waals surface area contributed by atoms with Crippen LogP contribution in [0.1, 0.15) is 24.8 Å². The van der Waals surface area contributed by atoms with Gasteiger partial charge in [0.05, 0.1) is 19.6 Å². The normalized spacial score (nSPS) is 11.9. The summed E-state index contributed by atoms with van der Waals surface area (Å²) in [4.78, 5) is 21.8. The van der Waals surface area contributed by atoms with Gasteiger partial charge in [0.1, 0.15) is 5.78 Å². The van der Waals surface area contributed by atoms with E-state index < -0.39 is 12.1 Å². The third kappa shape index (κ3) is 5.27. The number of carbonyl (C=O) groups excluding carboxylic acids is 1. The maximum Gasteiger partial charge on any atom is 0.303 e. The van der Waals surface area contributed by atoms with Gasteiger partial charge >= 0.3 is 5.97 Å². The zero-order valence-corrected chi connectivity index (χ0v) is 11.2. The second kappa shape index (κ2) is 7.49. The number of phenolic OH excluding ortho intramolecular Hbond substituents is 1. The molecule has 0 spiro atoms. The number of rotatable bonds is 8. The van der Waals surface area contributed by atoms with E-state index in [1.807, 2.05) is 0 Å². The Morgan fingerprint density at radius 1 is 1.30 bits per heavy atom. The Bertz CT molecular complexity index is 483. The zero-order chi connectivity index (χ0) is 15.1. The second-order valence-electron chi connectivity index (χ2n) is 4.50. The fourth-order valence-electron chi connectivity index (χ4n) is 1.80. The van der Waals surface area contributed by atoms with E-state index in [1.54, 1.807) is 12.1 Å². The van der Waals surface area contributed by atoms with Crippen LogP contribution in [0.15, 0.2) is 18.2 Å². The number of ketones is 1. The summed E-state index contributed by atoms with van der Waals surface area (Å²) >= 11 is 0. The summed E-state index contributed by atoms with van der Waals surface area (Å²) in [6.45, 7) is 0. The van der Waals surface area contributed by atoms with Crippen LogP contribution in [0, 0.1) is 0 Å². The average molecular weight is 282 g/mol. The molecule has 0 saturated carbocycles. The van der Waals surface area contributed by atoms with Crippen molar-refractivity contribution in [3.63, 3.8) is 0 Å². The van der Waals surface area contributed by atoms with Gasteiger partial charge in [-0.2, -0.15) is 0 Å². The molecular weight excluding hydrogens is 264 g/mol. The molecule has 1 atom stereocenters. The fourth-order valence-corrected chi connectivity index (χ4v) is 1.80. The van der Waals surface area contributed by atoms with Crippen molar-refractivity contribution in [2.24, 2.45) is 0 Å². The third-order valence-electron chi connectivity index (χ3n) is 2.80. The Morgan fingerprint density at radius 2 is 2.00 bits per heavy atom. The molecule has 0 bridgehead atoms. The third-order valence-corrected chi connectivity index (χ3v) is 2.80. The topological polar surface area (TPSA) is 104 Å². The molecule has 20 heavy (non-hydrogen) atoms. The number of carboxylic acid groups (broad SMARTS) is 1. The molecule has 0 aliphatic carbocycles. The van der Waals surface area contributed by atoms with Crippen molar-refractivity contribution in [1.82, 2.24) is 0 Å². The lowest BCUT2D eigenvalue weighted by Crippen LogP contribution is -2.16. The summed E-state index contributed by atoms with van der Waals surface area (Å²) < 4.78 is 4.95. The Labute approximate surface area is 116 Å². The molecule has 0 radical (unpaired) electrons. The van der Waals surface area contributed by atoms with Gasteiger partial charge in [0.2, 0.25) is 0 Å². The molecular formula is C14H18O6. The highest BCUT2D eigenvalue weighted by Crippen LogP contribution is 2.26. The largest absolute Gasteiger partial charge is 0.504 e. The van der Waals surface area contributed by atoms with Crippen LogP contribution in [-0.4, -0.2) is 40.3 Å². The number of aliphatic hydroxyl groups excluding tert-OH is 1. The number of benzene rings is 1. The van der Waals surface area contributed by atoms with Crippen LogP contribution >= 0.6 is 0 Å². The number of ether oxygens (including phenoxy) is 1. The van der Waals surface area contributed by atoms with Gasteiger partial charge in [0.25, 0.3) is 0 Å². The minimum atomic E-state index is -1.03. The van der Waals surface area contributed by atoms with Crippen LogP contribution in [0.25, 0.3) is 0 Å². The van der Waals surface area contributed by atoms with Crippen molar-refractivity contribution in [1.29, 1.82) is 0 Å². The first-order valence-electron chi connectivity index (χ1n) is 6.19. The lowest BCUT2D eigenvalue weighted by Gasteiger charge is -2.11. The van der Waals surface area contributed by atoms with E-state index in [1.165, 1.54) is 13.2 Å². The van der Waals surface area contributed by atoms with Crippen LogP contribution in [0.2, 0.25) is 0 Å². The van der Waals surface area contributed by atoms with Gasteiger partial charge in [-0.15, -0.1) is 0 Å². The first kappa shape index (κ1) is 16.0. The molecule has 6 heteroatoms. The molecule has 0 fully saturated rings. The van der Waals surface area contributed by atoms with Gasteiger partial charge in [-0.3, -0.25) is 9.59 Å². The van der Waals surface area contributed by atoms with E-state index in [0.29, 0.717) is 5.75 Å². The Balaban J connectivity index is 2.51. The molecule has 0 aromatic heterocycles. The number of hydrogen-bond acceptors (Lipinski definition) is 5. The average Bonchev–Trinajstić information content (AvgIpc) is 2.38. The zero-order valence-electron chi connectivity index (χ0n) is 11.2. The number of carboxylic acids is 1. The molecule has 0 heterocycles. The van der Waals surface area contributed by atoms with E-state index in [2.05, 4.69) is 0 Å². The Hall–Kier alpha value is -2.08. The lowest BCUT2D eigenvalue weighted by atomic mass is 10.0. The lowest BCUT2D eigenvalue weighted by molar-refractivity contribution is -0.138. The number of hydrogen-bond donors (Lipinski definition) is 3. The van der Waals surface area contributed by atoms with E-state index in [0.717, 1.165) is 5.56 Å². The van der Waals surface area contributed by atoms with Crippen molar-refractivity contribution >= 4 is 11.8 Å². The highest BCUT2D eigenvalue weighted by molar-refractivity contribution is 5.82. The molecule has 0 amide bonds. The number of aliphatic hydroxyl groups is 1. The number of carbonyl (C=O) groups is 2. The summed E-state index contributed by atoms with van der Waals surface area (Å²) in [7, 11) is 1.42. The van der Waals surface area contributed by atoms with Gasteiger partial charge in [-0.05, 0) is 24.1 Å². The van der Waals surface area contributed by atoms with Crippen molar-refractivity contribution in [3.05, 3.63) is 23.8 Å². The van der Waals surface area contributed by atoms with Crippen LogP contribution in [0.3, 0.4) is 0 Å². The SMILES string of the molecule is COc1cc(CC(O)CC(=O)CCC(=O)O)ccc1O. The molecule has 1 rings (SSSR count). The number of phenols is 1. The van der Waals surface area contributed by atoms with E-state index in [-0.39, 0.29) is 37.2 Å². The summed E-state index contributed by atoms with van der Waals surface area (Å²) in [5, 5.41) is 27.7. The van der Waals surface area contributed by atoms with Crippen LogP contribution in [0.5, 0.6) is 11.5 Å². The predicted octanol–water partition coefficient (Wildman–Crippen LogP) is 1.13. The number of methoxy groups -OCH3 is 1. The van der Waals surface area contributed by atoms with Crippen molar-refractivity contribution in [2.45, 2.75) is 31.8 Å². The molecule has 3 N–H and O–H groups in total. The number of Topliss-reactive ketones (excluding diaryl/α,β-unsaturated/α-hetero) is 1. The minimum Gasteiger partial charge on any atom is -0.504 e. The molecule has 0 aliphatic heterocycles. The summed E-state index contributed by atoms with van der Waals surface area (Å²) in [5.74, 6) is -1.02. The monoisotopic (exact) mass is 282 g/mol. The summed E-state index contributed by atoms with van der Waals surface area (Å²) in [6.07, 6.45) is -1.04. The fraction of sp³-hybridized carbons (Fsp3) is 0.429. The molecule has 1 aromatic rings. The quantitative estimate of drug-likeness (QED) is 0.660. The minimum absolute atomic E-state index is 0.00303. The van der Waals surface area contributed by atoms with E-state index >= 15 is 0 Å². The standard InChI is InChI=1S/C14H18O6/c1-20-13-7-9(2-4-12(13)17)6-11(16)8-10(15)3-5-14(18)19/h2,4,7,11,16-17H,3,5-6,8H2,1H3,(H,18,19). The van der Waals surface area contributed by atoms with Gasteiger partial charge in [-0.25, -0.2) is 0 Å². The summed E-state index contributed by atoms with van der Waals surface area (Å²) in [6, 6.07) is 4.66. The first-order valence-corrected chi connectivity index (χ1v) is 6.19. The number of aromatic hydroxyl groups is 1. The second-order valence-corrected chi connectivity index (χ2v) is 4.50. The molecule has 6 nitrogen and oxygen atoms in total. The molecule has 1 unspecified atom stereocenters. The van der Waals surface area contributed by atoms with Gasteiger partial charge in [-0.1, -0.05) is 6.07 Å². The van der Waals surface area contributed by atoms with Gasteiger partial charge in [0.15, 0.2) is 11.5 Å². The van der Waals surface area contributed by atoms with Gasteiger partial charge in [0, 0.05) is 12.8 Å². The molecule has 0 aliphatic rings.